The minimum Gasteiger partial charge on any atom is -0.271 e. The summed E-state index contributed by atoms with van der Waals surface area (Å²) in [6.45, 7) is 0. The second-order valence-electron chi connectivity index (χ2n) is 4.39. The first kappa shape index (κ1) is 16.5. The fraction of sp³-hybridized carbons (Fsp3) is 0.143. The molecule has 0 saturated heterocycles. The van der Waals surface area contributed by atoms with Crippen molar-refractivity contribution in [1.29, 1.82) is 0 Å². The van der Waals surface area contributed by atoms with Gasteiger partial charge < -0.3 is 0 Å². The lowest BCUT2D eigenvalue weighted by Crippen LogP contribution is -2.31. The van der Waals surface area contributed by atoms with E-state index in [4.69, 9.17) is 5.84 Å². The van der Waals surface area contributed by atoms with Gasteiger partial charge in [-0.3, -0.25) is 11.3 Å². The summed E-state index contributed by atoms with van der Waals surface area (Å²) in [6.07, 6.45) is -0.124. The Morgan fingerprint density at radius 3 is 2.33 bits per heavy atom. The number of hydrogen-bond acceptors (Lipinski definition) is 2. The zero-order valence-corrected chi connectivity index (χ0v) is 13.8. The molecule has 0 heterocycles. The molecule has 1 unspecified atom stereocenters. The van der Waals surface area contributed by atoms with Gasteiger partial charge in [-0.15, -0.1) is 0 Å². The molecule has 7 heteroatoms. The molecule has 21 heavy (non-hydrogen) atoms. The Morgan fingerprint density at radius 2 is 1.67 bits per heavy atom. The summed E-state index contributed by atoms with van der Waals surface area (Å²) in [5.74, 6) is 3.48. The highest BCUT2D eigenvalue weighted by molar-refractivity contribution is 9.10. The molecule has 2 aromatic rings. The molecule has 0 aliphatic carbocycles. The Kier molecular flexibility index (Phi) is 5.43. The van der Waals surface area contributed by atoms with Crippen LogP contribution in [0.15, 0.2) is 39.3 Å². The summed E-state index contributed by atoms with van der Waals surface area (Å²) in [7, 11) is 0. The van der Waals surface area contributed by atoms with E-state index in [1.54, 1.807) is 6.07 Å². The number of hydrogen-bond donors (Lipinski definition) is 2. The zero-order valence-electron chi connectivity index (χ0n) is 10.6. The van der Waals surface area contributed by atoms with E-state index in [1.807, 2.05) is 0 Å². The SMILES string of the molecule is NNC(Cc1c(F)ccc(Br)c1F)c1cccc(Br)c1F. The molecule has 0 aliphatic heterocycles. The number of benzene rings is 2. The van der Waals surface area contributed by atoms with Gasteiger partial charge in [0.05, 0.1) is 15.0 Å². The van der Waals surface area contributed by atoms with Crippen LogP contribution < -0.4 is 11.3 Å². The predicted molar refractivity (Wildman–Crippen MR) is 81.9 cm³/mol. The van der Waals surface area contributed by atoms with E-state index in [0.717, 1.165) is 6.07 Å². The molecule has 0 radical (unpaired) electrons. The molecule has 0 aromatic heterocycles. The highest BCUT2D eigenvalue weighted by Gasteiger charge is 2.21. The van der Waals surface area contributed by atoms with Crippen LogP contribution in [0.5, 0.6) is 0 Å². The van der Waals surface area contributed by atoms with Crippen LogP contribution in [0.4, 0.5) is 13.2 Å². The van der Waals surface area contributed by atoms with Crippen molar-refractivity contribution in [2.75, 3.05) is 0 Å². The predicted octanol–water partition coefficient (Wildman–Crippen LogP) is 4.38. The Morgan fingerprint density at radius 1 is 1.00 bits per heavy atom. The highest BCUT2D eigenvalue weighted by Crippen LogP contribution is 2.29. The number of nitrogens with two attached hydrogens (primary N) is 1. The van der Waals surface area contributed by atoms with Crippen molar-refractivity contribution >= 4 is 31.9 Å². The number of nitrogens with one attached hydrogen (secondary N) is 1. The van der Waals surface area contributed by atoms with Crippen LogP contribution >= 0.6 is 31.9 Å². The van der Waals surface area contributed by atoms with Crippen molar-refractivity contribution in [2.24, 2.45) is 5.84 Å². The first-order chi connectivity index (χ1) is 9.95. The van der Waals surface area contributed by atoms with Gasteiger partial charge in [0.2, 0.25) is 0 Å². The fourth-order valence-corrected chi connectivity index (χ4v) is 2.76. The molecular weight excluding hydrogens is 413 g/mol. The summed E-state index contributed by atoms with van der Waals surface area (Å²) < 4.78 is 42.3. The lowest BCUT2D eigenvalue weighted by atomic mass is 9.98. The highest BCUT2D eigenvalue weighted by atomic mass is 79.9. The molecule has 112 valence electrons. The maximum atomic E-state index is 14.1. The molecule has 2 nitrogen and oxygen atoms in total. The van der Waals surface area contributed by atoms with E-state index in [0.29, 0.717) is 0 Å². The van der Waals surface area contributed by atoms with E-state index in [-0.39, 0.29) is 26.5 Å². The van der Waals surface area contributed by atoms with Gasteiger partial charge in [-0.2, -0.15) is 0 Å². The topological polar surface area (TPSA) is 38.0 Å². The quantitative estimate of drug-likeness (QED) is 0.435. The number of hydrazine groups is 1. The lowest BCUT2D eigenvalue weighted by Gasteiger charge is -2.18. The average molecular weight is 424 g/mol. The summed E-state index contributed by atoms with van der Waals surface area (Å²) in [4.78, 5) is 0. The van der Waals surface area contributed by atoms with Crippen LogP contribution in [0.2, 0.25) is 0 Å². The van der Waals surface area contributed by atoms with Crippen LogP contribution in [0.3, 0.4) is 0 Å². The van der Waals surface area contributed by atoms with E-state index in [9.17, 15) is 13.2 Å². The van der Waals surface area contributed by atoms with Crippen molar-refractivity contribution in [3.8, 4) is 0 Å². The van der Waals surface area contributed by atoms with Crippen molar-refractivity contribution in [3.63, 3.8) is 0 Å². The van der Waals surface area contributed by atoms with E-state index in [1.165, 1.54) is 18.2 Å². The molecule has 2 aromatic carbocycles. The molecule has 0 spiro atoms. The summed E-state index contributed by atoms with van der Waals surface area (Å²) in [5, 5.41) is 0. The van der Waals surface area contributed by atoms with Crippen molar-refractivity contribution in [3.05, 3.63) is 67.9 Å². The minimum absolute atomic E-state index is 0.124. The van der Waals surface area contributed by atoms with Crippen LogP contribution in [0, 0.1) is 17.5 Å². The first-order valence-corrected chi connectivity index (χ1v) is 7.56. The third-order valence-corrected chi connectivity index (χ3v) is 4.33. The van der Waals surface area contributed by atoms with Gasteiger partial charge in [0.1, 0.15) is 17.5 Å². The van der Waals surface area contributed by atoms with Crippen LogP contribution in [0.25, 0.3) is 0 Å². The molecule has 1 atom stereocenters. The van der Waals surface area contributed by atoms with Crippen LogP contribution in [-0.4, -0.2) is 0 Å². The van der Waals surface area contributed by atoms with E-state index in [2.05, 4.69) is 37.3 Å². The van der Waals surface area contributed by atoms with E-state index >= 15 is 0 Å². The molecule has 0 aliphatic rings. The van der Waals surface area contributed by atoms with E-state index < -0.39 is 23.5 Å². The Balaban J connectivity index is 2.41. The van der Waals surface area contributed by atoms with Gasteiger partial charge in [-0.25, -0.2) is 13.2 Å². The second-order valence-corrected chi connectivity index (χ2v) is 6.10. The lowest BCUT2D eigenvalue weighted by molar-refractivity contribution is 0.478. The van der Waals surface area contributed by atoms with Crippen LogP contribution in [-0.2, 0) is 6.42 Å². The summed E-state index contributed by atoms with van der Waals surface area (Å²) >= 11 is 6.07. The van der Waals surface area contributed by atoms with Gasteiger partial charge in [0.25, 0.3) is 0 Å². The Hall–Kier alpha value is -0.890. The standard InChI is InChI=1S/C14H11Br2F3N2/c15-9-3-1-2-7(13(9)18)12(21-20)6-8-11(17)5-4-10(16)14(8)19/h1-5,12,21H,6,20H2. The zero-order chi connectivity index (χ0) is 15.6. The molecule has 0 saturated carbocycles. The molecule has 0 amide bonds. The molecule has 0 fully saturated rings. The largest absolute Gasteiger partial charge is 0.271 e. The first-order valence-electron chi connectivity index (χ1n) is 5.98. The third-order valence-electron chi connectivity index (χ3n) is 3.11. The second kappa shape index (κ2) is 6.91. The van der Waals surface area contributed by atoms with Crippen molar-refractivity contribution < 1.29 is 13.2 Å². The van der Waals surface area contributed by atoms with Gasteiger partial charge in [-0.05, 0) is 56.5 Å². The monoisotopic (exact) mass is 422 g/mol. The molecular formula is C14H11Br2F3N2. The number of halogens is 5. The normalized spacial score (nSPS) is 12.5. The number of rotatable bonds is 4. The molecule has 2 rings (SSSR count). The van der Waals surface area contributed by atoms with Crippen molar-refractivity contribution in [2.45, 2.75) is 12.5 Å². The van der Waals surface area contributed by atoms with Crippen molar-refractivity contribution in [1.82, 2.24) is 5.43 Å². The summed E-state index contributed by atoms with van der Waals surface area (Å²) in [5.41, 5.74) is 2.47. The van der Waals surface area contributed by atoms with Crippen LogP contribution in [0.1, 0.15) is 17.2 Å². The van der Waals surface area contributed by atoms with Gasteiger partial charge in [0.15, 0.2) is 0 Å². The fourth-order valence-electron chi connectivity index (χ4n) is 2.01. The molecule has 0 bridgehead atoms. The van der Waals surface area contributed by atoms with Gasteiger partial charge in [-0.1, -0.05) is 12.1 Å². The summed E-state index contributed by atoms with van der Waals surface area (Å²) in [6, 6.07) is 6.33. The minimum atomic E-state index is -0.763. The Labute approximate surface area is 136 Å². The maximum absolute atomic E-state index is 14.1. The maximum Gasteiger partial charge on any atom is 0.143 e. The Bertz CT molecular complexity index is 665. The third kappa shape index (κ3) is 3.48. The average Bonchev–Trinajstić information content (AvgIpc) is 2.47. The van der Waals surface area contributed by atoms with Gasteiger partial charge >= 0.3 is 0 Å². The smallest absolute Gasteiger partial charge is 0.143 e. The molecule has 3 N–H and O–H groups in total. The van der Waals surface area contributed by atoms with Gasteiger partial charge in [0, 0.05) is 11.1 Å².